The molecule has 9 heteroatoms. The predicted octanol–water partition coefficient (Wildman–Crippen LogP) is 6.13. The van der Waals surface area contributed by atoms with Gasteiger partial charge in [-0.15, -0.1) is 11.8 Å². The van der Waals surface area contributed by atoms with Crippen LogP contribution in [0.5, 0.6) is 0 Å². The van der Waals surface area contributed by atoms with E-state index in [2.05, 4.69) is 47.0 Å². The lowest BCUT2D eigenvalue weighted by atomic mass is 9.84. The first-order valence-corrected chi connectivity index (χ1v) is 13.3. The van der Waals surface area contributed by atoms with Crippen LogP contribution >= 0.6 is 11.8 Å². The van der Waals surface area contributed by atoms with Gasteiger partial charge in [-0.3, -0.25) is 14.9 Å². The molecule has 0 unspecified atom stereocenters. The molecule has 0 aliphatic carbocycles. The van der Waals surface area contributed by atoms with Crippen LogP contribution in [0, 0.1) is 10.1 Å². The molecule has 0 heterocycles. The number of rotatable bonds is 11. The Kier molecular flexibility index (Phi) is 9.68. The van der Waals surface area contributed by atoms with Gasteiger partial charge in [0.1, 0.15) is 13.2 Å². The maximum atomic E-state index is 12.4. The van der Waals surface area contributed by atoms with Crippen LogP contribution in [0.2, 0.25) is 0 Å². The lowest BCUT2D eigenvalue weighted by molar-refractivity contribution is -0.384. The third kappa shape index (κ3) is 7.15. The van der Waals surface area contributed by atoms with E-state index < -0.39 is 21.7 Å². The summed E-state index contributed by atoms with van der Waals surface area (Å²) in [6, 6.07) is 36.2. The normalized spacial score (nSPS) is 11.1. The van der Waals surface area contributed by atoms with Gasteiger partial charge in [0, 0.05) is 18.3 Å². The van der Waals surface area contributed by atoms with Gasteiger partial charge in [-0.2, -0.15) is 0 Å². The number of nitro groups is 1. The molecule has 0 fully saturated rings. The SMILES string of the molecule is O=C(CNC(=O)OCc1ccc([N+](=O)[O-])cc1)N/C=C/SC(c1ccccc1)(c1ccccc1)c1ccccc1. The lowest BCUT2D eigenvalue weighted by Crippen LogP contribution is -2.35. The molecule has 8 nitrogen and oxygen atoms in total. The Morgan fingerprint density at radius 2 is 1.30 bits per heavy atom. The Bertz CT molecular complexity index is 1350. The number of benzene rings is 4. The van der Waals surface area contributed by atoms with E-state index >= 15 is 0 Å². The lowest BCUT2D eigenvalue weighted by Gasteiger charge is -2.34. The van der Waals surface area contributed by atoms with Gasteiger partial charge in [-0.1, -0.05) is 91.0 Å². The van der Waals surface area contributed by atoms with E-state index in [0.29, 0.717) is 5.56 Å². The molecule has 0 saturated carbocycles. The number of hydrogen-bond acceptors (Lipinski definition) is 6. The van der Waals surface area contributed by atoms with Crippen LogP contribution in [0.15, 0.2) is 127 Å². The smallest absolute Gasteiger partial charge is 0.407 e. The Morgan fingerprint density at radius 1 is 0.800 bits per heavy atom. The summed E-state index contributed by atoms with van der Waals surface area (Å²) in [5.41, 5.74) is 3.80. The van der Waals surface area contributed by atoms with Crippen molar-refractivity contribution < 1.29 is 19.2 Å². The summed E-state index contributed by atoms with van der Waals surface area (Å²) in [7, 11) is 0. The van der Waals surface area contributed by atoms with E-state index in [4.69, 9.17) is 4.74 Å². The Labute approximate surface area is 236 Å². The molecule has 2 amide bonds. The van der Waals surface area contributed by atoms with Crippen LogP contribution in [0.25, 0.3) is 0 Å². The van der Waals surface area contributed by atoms with Gasteiger partial charge in [0.15, 0.2) is 0 Å². The third-order valence-electron chi connectivity index (χ3n) is 6.01. The molecule has 0 aromatic heterocycles. The monoisotopic (exact) mass is 553 g/mol. The van der Waals surface area contributed by atoms with E-state index in [1.807, 2.05) is 60.0 Å². The second-order valence-electron chi connectivity index (χ2n) is 8.62. The summed E-state index contributed by atoms with van der Waals surface area (Å²) < 4.78 is 4.51. The van der Waals surface area contributed by atoms with Gasteiger partial charge in [0.25, 0.3) is 5.69 Å². The highest BCUT2D eigenvalue weighted by Gasteiger charge is 2.36. The molecule has 4 aromatic carbocycles. The number of nitrogens with zero attached hydrogens (tertiary/aromatic N) is 1. The molecule has 40 heavy (non-hydrogen) atoms. The topological polar surface area (TPSA) is 111 Å². The van der Waals surface area contributed by atoms with Gasteiger partial charge in [-0.05, 0) is 39.8 Å². The van der Waals surface area contributed by atoms with Crippen LogP contribution in [0.4, 0.5) is 10.5 Å². The summed E-state index contributed by atoms with van der Waals surface area (Å²) in [6.07, 6.45) is 0.781. The summed E-state index contributed by atoms with van der Waals surface area (Å²) in [4.78, 5) is 34.6. The number of non-ortho nitro benzene ring substituents is 1. The van der Waals surface area contributed by atoms with Crippen LogP contribution < -0.4 is 10.6 Å². The van der Waals surface area contributed by atoms with E-state index in [1.54, 1.807) is 18.0 Å². The number of alkyl carbamates (subject to hydrolysis) is 1. The highest BCUT2D eigenvalue weighted by atomic mass is 32.2. The zero-order valence-electron chi connectivity index (χ0n) is 21.4. The Hall–Kier alpha value is -4.89. The van der Waals surface area contributed by atoms with Gasteiger partial charge in [-0.25, -0.2) is 4.79 Å². The fourth-order valence-electron chi connectivity index (χ4n) is 4.10. The van der Waals surface area contributed by atoms with Crippen molar-refractivity contribution in [3.63, 3.8) is 0 Å². The number of carbonyl (C=O) groups excluding carboxylic acids is 2. The van der Waals surface area contributed by atoms with Crippen molar-refractivity contribution in [2.45, 2.75) is 11.4 Å². The quantitative estimate of drug-likeness (QED) is 0.131. The van der Waals surface area contributed by atoms with Crippen molar-refractivity contribution in [2.24, 2.45) is 0 Å². The average Bonchev–Trinajstić information content (AvgIpc) is 3.00. The highest BCUT2D eigenvalue weighted by Crippen LogP contribution is 2.48. The Morgan fingerprint density at radius 3 is 1.77 bits per heavy atom. The zero-order valence-corrected chi connectivity index (χ0v) is 22.3. The Balaban J connectivity index is 1.37. The molecule has 2 N–H and O–H groups in total. The first-order valence-electron chi connectivity index (χ1n) is 12.4. The molecule has 4 rings (SSSR count). The van der Waals surface area contributed by atoms with Crippen molar-refractivity contribution in [1.29, 1.82) is 0 Å². The minimum Gasteiger partial charge on any atom is -0.445 e. The standard InChI is InChI=1S/C31H27N3O5S/c35-29(22-33-30(36)39-23-24-16-18-28(19-17-24)34(37)38)32-20-21-40-31(25-10-4-1-5-11-25,26-12-6-2-7-13-26)27-14-8-3-9-15-27/h1-21H,22-23H2,(H,32,35)(H,33,36)/b21-20+. The number of amides is 2. The molecule has 0 spiro atoms. The molecule has 0 bridgehead atoms. The second kappa shape index (κ2) is 13.8. The number of thioether (sulfide) groups is 1. The number of nitrogens with one attached hydrogen (secondary N) is 2. The van der Waals surface area contributed by atoms with Crippen molar-refractivity contribution in [3.05, 3.63) is 159 Å². The fraction of sp³-hybridized carbons (Fsp3) is 0.0968. The van der Waals surface area contributed by atoms with Gasteiger partial charge in [0.2, 0.25) is 5.91 Å². The van der Waals surface area contributed by atoms with Crippen molar-refractivity contribution in [3.8, 4) is 0 Å². The molecule has 0 atom stereocenters. The van der Waals surface area contributed by atoms with Crippen LogP contribution in [-0.2, 0) is 20.9 Å². The minimum absolute atomic E-state index is 0.0513. The zero-order chi connectivity index (χ0) is 28.2. The van der Waals surface area contributed by atoms with Crippen LogP contribution in [-0.4, -0.2) is 23.5 Å². The van der Waals surface area contributed by atoms with Gasteiger partial charge in [0.05, 0.1) is 9.67 Å². The number of carbonyl (C=O) groups is 2. The number of nitro benzene ring substituents is 1. The minimum atomic E-state index is -0.775. The average molecular weight is 554 g/mol. The van der Waals surface area contributed by atoms with Crippen molar-refractivity contribution in [1.82, 2.24) is 10.6 Å². The van der Waals surface area contributed by atoms with E-state index in [1.165, 1.54) is 24.3 Å². The first-order chi connectivity index (χ1) is 19.5. The molecular weight excluding hydrogens is 526 g/mol. The molecule has 0 aliphatic rings. The van der Waals surface area contributed by atoms with Crippen LogP contribution in [0.1, 0.15) is 22.3 Å². The summed E-state index contributed by atoms with van der Waals surface area (Å²) in [6.45, 7) is -0.363. The third-order valence-corrected chi connectivity index (χ3v) is 7.34. The molecule has 202 valence electrons. The maximum absolute atomic E-state index is 12.4. The second-order valence-corrected chi connectivity index (χ2v) is 9.74. The molecule has 0 saturated heterocycles. The van der Waals surface area contributed by atoms with E-state index in [-0.39, 0.29) is 18.8 Å². The maximum Gasteiger partial charge on any atom is 0.407 e. The molecule has 0 aliphatic heterocycles. The highest BCUT2D eigenvalue weighted by molar-refractivity contribution is 8.03. The van der Waals surface area contributed by atoms with Crippen molar-refractivity contribution in [2.75, 3.05) is 6.54 Å². The molecular formula is C31H27N3O5S. The largest absolute Gasteiger partial charge is 0.445 e. The van der Waals surface area contributed by atoms with Crippen LogP contribution in [0.3, 0.4) is 0 Å². The molecule has 0 radical (unpaired) electrons. The summed E-state index contributed by atoms with van der Waals surface area (Å²) >= 11 is 1.55. The predicted molar refractivity (Wildman–Crippen MR) is 155 cm³/mol. The fourth-order valence-corrected chi connectivity index (χ4v) is 5.26. The molecule has 4 aromatic rings. The van der Waals surface area contributed by atoms with Gasteiger partial charge >= 0.3 is 6.09 Å². The number of ether oxygens (including phenoxy) is 1. The first kappa shape index (κ1) is 28.1. The van der Waals surface area contributed by atoms with E-state index in [0.717, 1.165) is 16.7 Å². The number of hydrogen-bond donors (Lipinski definition) is 2. The summed E-state index contributed by atoms with van der Waals surface area (Å²) in [5.74, 6) is -0.422. The van der Waals surface area contributed by atoms with Crippen molar-refractivity contribution >= 4 is 29.4 Å². The van der Waals surface area contributed by atoms with Gasteiger partial charge < -0.3 is 15.4 Å². The summed E-state index contributed by atoms with van der Waals surface area (Å²) in [5, 5.41) is 17.6. The van der Waals surface area contributed by atoms with E-state index in [9.17, 15) is 19.7 Å².